The fourth-order valence-corrected chi connectivity index (χ4v) is 3.55. The Bertz CT molecular complexity index is 698. The summed E-state index contributed by atoms with van der Waals surface area (Å²) in [5.41, 5.74) is 0. The van der Waals surface area contributed by atoms with E-state index in [1.165, 1.54) is 18.3 Å². The summed E-state index contributed by atoms with van der Waals surface area (Å²) in [6.07, 6.45) is 2.74. The summed E-state index contributed by atoms with van der Waals surface area (Å²) in [6, 6.07) is 1.97. The van der Waals surface area contributed by atoms with Gasteiger partial charge in [-0.3, -0.25) is 14.9 Å². The number of hydrogen-bond donors (Lipinski definition) is 3. The molecule has 0 bridgehead atoms. The maximum Gasteiger partial charge on any atom is 0.329 e. The van der Waals surface area contributed by atoms with Crippen molar-refractivity contribution in [1.29, 1.82) is 0 Å². The van der Waals surface area contributed by atoms with E-state index >= 15 is 0 Å². The van der Waals surface area contributed by atoms with Crippen LogP contribution in [0.5, 0.6) is 0 Å². The number of ether oxygens (including phenoxy) is 1. The van der Waals surface area contributed by atoms with Crippen LogP contribution in [0.2, 0.25) is 0 Å². The molecule has 1 saturated carbocycles. The predicted octanol–water partition coefficient (Wildman–Crippen LogP) is 2.20. The highest BCUT2D eigenvalue weighted by atomic mass is 32.1. The van der Waals surface area contributed by atoms with Crippen LogP contribution < -0.4 is 16.0 Å². The molecule has 0 spiro atoms. The van der Waals surface area contributed by atoms with Crippen LogP contribution >= 0.6 is 11.3 Å². The Balaban J connectivity index is 1.85. The number of rotatable bonds is 7. The highest BCUT2D eigenvalue weighted by molar-refractivity contribution is 7.12. The first-order valence-electron chi connectivity index (χ1n) is 9.44. The molecular weight excluding hydrogens is 382 g/mol. The summed E-state index contributed by atoms with van der Waals surface area (Å²) < 4.78 is 5.18. The fourth-order valence-electron chi connectivity index (χ4n) is 2.92. The molecule has 0 aliphatic heterocycles. The van der Waals surface area contributed by atoms with E-state index in [4.69, 9.17) is 4.74 Å². The SMILES string of the molecule is CC(C)[C@H](NC(=O)c1cccs1)C(=O)O[C@@H](C)C(=O)NC(=O)NC1CCCC1. The van der Waals surface area contributed by atoms with Gasteiger partial charge in [0.1, 0.15) is 6.04 Å². The number of amides is 4. The van der Waals surface area contributed by atoms with Gasteiger partial charge < -0.3 is 15.4 Å². The average molecular weight is 410 g/mol. The first-order valence-corrected chi connectivity index (χ1v) is 10.3. The van der Waals surface area contributed by atoms with E-state index in [9.17, 15) is 19.2 Å². The summed E-state index contributed by atoms with van der Waals surface area (Å²) in [5, 5.41) is 9.33. The van der Waals surface area contributed by atoms with Crippen molar-refractivity contribution < 1.29 is 23.9 Å². The van der Waals surface area contributed by atoms with E-state index in [-0.39, 0.29) is 17.9 Å². The standard InChI is InChI=1S/C19H27N3O5S/c1-11(2)15(21-17(24)14-9-6-10-28-14)18(25)27-12(3)16(23)22-19(26)20-13-7-4-5-8-13/h6,9-13,15H,4-5,7-8H2,1-3H3,(H,21,24)(H2,20,22,23,26)/t12-,15-/m0/s1. The van der Waals surface area contributed by atoms with Gasteiger partial charge in [-0.1, -0.05) is 32.8 Å². The van der Waals surface area contributed by atoms with E-state index in [0.29, 0.717) is 4.88 Å². The van der Waals surface area contributed by atoms with Crippen LogP contribution in [0.1, 0.15) is 56.1 Å². The number of nitrogens with one attached hydrogen (secondary N) is 3. The zero-order chi connectivity index (χ0) is 20.7. The molecule has 1 aromatic heterocycles. The van der Waals surface area contributed by atoms with Crippen LogP contribution in [0.4, 0.5) is 4.79 Å². The number of esters is 1. The lowest BCUT2D eigenvalue weighted by atomic mass is 10.0. The molecule has 0 saturated heterocycles. The Morgan fingerprint density at radius 3 is 2.39 bits per heavy atom. The Labute approximate surface area is 168 Å². The minimum Gasteiger partial charge on any atom is -0.451 e. The van der Waals surface area contributed by atoms with Gasteiger partial charge in [-0.15, -0.1) is 11.3 Å². The maximum absolute atomic E-state index is 12.5. The molecule has 4 amide bonds. The zero-order valence-electron chi connectivity index (χ0n) is 16.3. The summed E-state index contributed by atoms with van der Waals surface area (Å²) in [4.78, 5) is 49.2. The van der Waals surface area contributed by atoms with Crippen molar-refractivity contribution in [2.45, 2.75) is 64.6 Å². The molecule has 9 heteroatoms. The first-order chi connectivity index (χ1) is 13.3. The predicted molar refractivity (Wildman–Crippen MR) is 105 cm³/mol. The average Bonchev–Trinajstić information content (AvgIpc) is 3.32. The number of thiophene rings is 1. The third-order valence-electron chi connectivity index (χ3n) is 4.54. The van der Waals surface area contributed by atoms with Crippen LogP contribution in [0, 0.1) is 5.92 Å². The fraction of sp³-hybridized carbons (Fsp3) is 0.579. The molecule has 1 aliphatic rings. The summed E-state index contributed by atoms with van der Waals surface area (Å²) in [6.45, 7) is 4.91. The maximum atomic E-state index is 12.5. The van der Waals surface area contributed by atoms with E-state index in [1.807, 2.05) is 0 Å². The van der Waals surface area contributed by atoms with Gasteiger partial charge in [0.25, 0.3) is 11.8 Å². The third-order valence-corrected chi connectivity index (χ3v) is 5.41. The van der Waals surface area contributed by atoms with Crippen molar-refractivity contribution in [3.63, 3.8) is 0 Å². The van der Waals surface area contributed by atoms with Gasteiger partial charge in [-0.05, 0) is 37.1 Å². The van der Waals surface area contributed by atoms with Gasteiger partial charge in [0.15, 0.2) is 6.10 Å². The minimum absolute atomic E-state index is 0.0726. The van der Waals surface area contributed by atoms with Crippen molar-refractivity contribution >= 4 is 35.2 Å². The topological polar surface area (TPSA) is 114 Å². The Kier molecular flexibility index (Phi) is 7.98. The second-order valence-corrected chi connectivity index (χ2v) is 8.14. The van der Waals surface area contributed by atoms with Gasteiger partial charge in [0, 0.05) is 6.04 Å². The molecule has 1 aromatic rings. The zero-order valence-corrected chi connectivity index (χ0v) is 17.1. The minimum atomic E-state index is -1.17. The molecule has 0 aromatic carbocycles. The molecule has 0 radical (unpaired) electrons. The lowest BCUT2D eigenvalue weighted by molar-refractivity contribution is -0.157. The molecule has 0 unspecified atom stereocenters. The molecule has 1 fully saturated rings. The number of carbonyl (C=O) groups is 4. The Morgan fingerprint density at radius 2 is 1.82 bits per heavy atom. The quantitative estimate of drug-likeness (QED) is 0.598. The second-order valence-electron chi connectivity index (χ2n) is 7.20. The van der Waals surface area contributed by atoms with Gasteiger partial charge >= 0.3 is 12.0 Å². The third kappa shape index (κ3) is 6.33. The molecule has 1 heterocycles. The van der Waals surface area contributed by atoms with Gasteiger partial charge in [-0.2, -0.15) is 0 Å². The van der Waals surface area contributed by atoms with Crippen molar-refractivity contribution in [3.8, 4) is 0 Å². The summed E-state index contributed by atoms with van der Waals surface area (Å²) in [5.74, 6) is -2.05. The van der Waals surface area contributed by atoms with Crippen molar-refractivity contribution in [2.24, 2.45) is 5.92 Å². The molecule has 28 heavy (non-hydrogen) atoms. The molecule has 3 N–H and O–H groups in total. The van der Waals surface area contributed by atoms with Crippen molar-refractivity contribution in [3.05, 3.63) is 22.4 Å². The van der Waals surface area contributed by atoms with Gasteiger partial charge in [0.2, 0.25) is 0 Å². The number of urea groups is 1. The molecule has 2 atom stereocenters. The van der Waals surface area contributed by atoms with Crippen LogP contribution in [0.25, 0.3) is 0 Å². The van der Waals surface area contributed by atoms with Crippen molar-refractivity contribution in [1.82, 2.24) is 16.0 Å². The molecular formula is C19H27N3O5S. The monoisotopic (exact) mass is 409 g/mol. The van der Waals surface area contributed by atoms with E-state index in [2.05, 4.69) is 16.0 Å². The molecule has 1 aliphatic carbocycles. The normalized spacial score (nSPS) is 16.3. The molecule has 8 nitrogen and oxygen atoms in total. The van der Waals surface area contributed by atoms with Crippen LogP contribution in [0.15, 0.2) is 17.5 Å². The van der Waals surface area contributed by atoms with E-state index < -0.39 is 30.1 Å². The van der Waals surface area contributed by atoms with Crippen LogP contribution in [-0.2, 0) is 14.3 Å². The summed E-state index contributed by atoms with van der Waals surface area (Å²) >= 11 is 1.26. The van der Waals surface area contributed by atoms with Gasteiger partial charge in [0.05, 0.1) is 4.88 Å². The smallest absolute Gasteiger partial charge is 0.329 e. The highest BCUT2D eigenvalue weighted by Crippen LogP contribution is 2.17. The van der Waals surface area contributed by atoms with Gasteiger partial charge in [-0.25, -0.2) is 9.59 Å². The first kappa shape index (κ1) is 21.9. The number of imide groups is 1. The van der Waals surface area contributed by atoms with Crippen molar-refractivity contribution in [2.75, 3.05) is 0 Å². The Hall–Kier alpha value is -2.42. The van der Waals surface area contributed by atoms with Crippen LogP contribution in [0.3, 0.4) is 0 Å². The van der Waals surface area contributed by atoms with E-state index in [1.54, 1.807) is 31.4 Å². The number of hydrogen-bond acceptors (Lipinski definition) is 6. The van der Waals surface area contributed by atoms with Crippen LogP contribution in [-0.4, -0.2) is 42.0 Å². The largest absolute Gasteiger partial charge is 0.451 e. The summed E-state index contributed by atoms with van der Waals surface area (Å²) in [7, 11) is 0. The molecule has 154 valence electrons. The second kappa shape index (κ2) is 10.2. The lowest BCUT2D eigenvalue weighted by Crippen LogP contribution is -2.50. The highest BCUT2D eigenvalue weighted by Gasteiger charge is 2.30. The lowest BCUT2D eigenvalue weighted by Gasteiger charge is -2.22. The Morgan fingerprint density at radius 1 is 1.14 bits per heavy atom. The van der Waals surface area contributed by atoms with E-state index in [0.717, 1.165) is 25.7 Å². The molecule has 2 rings (SSSR count). The number of carbonyl (C=O) groups excluding carboxylic acids is 4.